The number of carbonyl (C=O) groups is 1. The highest BCUT2D eigenvalue weighted by Gasteiger charge is 2.31. The third kappa shape index (κ3) is 2.91. The molecular formula is C11H16O4. The zero-order chi connectivity index (χ0) is 11.4. The lowest BCUT2D eigenvalue weighted by Crippen LogP contribution is -2.39. The lowest BCUT2D eigenvalue weighted by atomic mass is 9.95. The molecule has 1 fully saturated rings. The summed E-state index contributed by atoms with van der Waals surface area (Å²) in [5.41, 5.74) is 0.667. The number of hydrogen-bond acceptors (Lipinski definition) is 4. The van der Waals surface area contributed by atoms with E-state index in [1.807, 2.05) is 0 Å². The fraction of sp³-hybridized carbons (Fsp3) is 0.545. The Bertz CT molecular complexity index is 270. The molecular weight excluding hydrogens is 196 g/mol. The van der Waals surface area contributed by atoms with Crippen molar-refractivity contribution in [3.63, 3.8) is 0 Å². The Hall–Kier alpha value is -1.13. The van der Waals surface area contributed by atoms with Gasteiger partial charge >= 0.3 is 5.97 Å². The summed E-state index contributed by atoms with van der Waals surface area (Å²) >= 11 is 0. The van der Waals surface area contributed by atoms with E-state index in [1.54, 1.807) is 0 Å². The minimum atomic E-state index is -0.726. The number of carbonyl (C=O) groups excluding carboxylic acids is 1. The molecule has 0 aromatic heterocycles. The van der Waals surface area contributed by atoms with Crippen molar-refractivity contribution in [1.29, 1.82) is 0 Å². The first-order valence-corrected chi connectivity index (χ1v) is 4.79. The van der Waals surface area contributed by atoms with E-state index in [9.17, 15) is 9.90 Å². The molecule has 4 heteroatoms. The third-order valence-electron chi connectivity index (χ3n) is 2.42. The van der Waals surface area contributed by atoms with Gasteiger partial charge in [0.1, 0.15) is 12.2 Å². The maximum Gasteiger partial charge on any atom is 0.308 e. The van der Waals surface area contributed by atoms with E-state index in [0.717, 1.165) is 0 Å². The normalized spacial score (nSPS) is 31.1. The van der Waals surface area contributed by atoms with Crippen molar-refractivity contribution in [2.45, 2.75) is 31.2 Å². The Morgan fingerprint density at radius 2 is 2.47 bits per heavy atom. The Morgan fingerprint density at radius 1 is 1.80 bits per heavy atom. The zero-order valence-electron chi connectivity index (χ0n) is 8.81. The molecule has 1 rings (SSSR count). The van der Waals surface area contributed by atoms with E-state index in [1.165, 1.54) is 13.2 Å². The Kier molecular flexibility index (Phi) is 4.05. The Balaban J connectivity index is 2.59. The van der Waals surface area contributed by atoms with E-state index in [2.05, 4.69) is 17.9 Å². The van der Waals surface area contributed by atoms with Gasteiger partial charge in [-0.25, -0.2) is 0 Å². The van der Waals surface area contributed by atoms with Crippen LogP contribution in [-0.4, -0.2) is 36.5 Å². The van der Waals surface area contributed by atoms with Gasteiger partial charge in [-0.1, -0.05) is 12.7 Å². The van der Waals surface area contributed by atoms with Crippen LogP contribution < -0.4 is 0 Å². The van der Waals surface area contributed by atoms with Crippen LogP contribution in [-0.2, 0) is 14.3 Å². The highest BCUT2D eigenvalue weighted by molar-refractivity contribution is 5.69. The largest absolute Gasteiger partial charge is 0.469 e. The summed E-state index contributed by atoms with van der Waals surface area (Å²) in [5.74, 6) is -0.327. The van der Waals surface area contributed by atoms with Crippen LogP contribution in [0.5, 0.6) is 0 Å². The number of methoxy groups -OCH3 is 1. The molecule has 1 N–H and O–H groups in total. The van der Waals surface area contributed by atoms with E-state index >= 15 is 0 Å². The van der Waals surface area contributed by atoms with Crippen molar-refractivity contribution < 1.29 is 19.4 Å². The first kappa shape index (κ1) is 11.9. The predicted molar refractivity (Wildman–Crippen MR) is 55.3 cm³/mol. The lowest BCUT2D eigenvalue weighted by Gasteiger charge is -2.33. The van der Waals surface area contributed by atoms with Gasteiger partial charge in [0.2, 0.25) is 0 Å². The topological polar surface area (TPSA) is 55.8 Å². The van der Waals surface area contributed by atoms with Crippen molar-refractivity contribution >= 4 is 5.97 Å². The van der Waals surface area contributed by atoms with Crippen LogP contribution in [0, 0.1) is 0 Å². The highest BCUT2D eigenvalue weighted by Crippen LogP contribution is 2.26. The highest BCUT2D eigenvalue weighted by atomic mass is 16.5. The summed E-state index contributed by atoms with van der Waals surface area (Å²) in [6.45, 7) is 7.31. The summed E-state index contributed by atoms with van der Waals surface area (Å²) in [5, 5.41) is 9.63. The predicted octanol–water partition coefficient (Wildman–Crippen LogP) is 0.810. The maximum atomic E-state index is 11.0. The van der Waals surface area contributed by atoms with Gasteiger partial charge in [-0.3, -0.25) is 4.79 Å². The molecule has 1 saturated heterocycles. The average Bonchev–Trinajstić information content (AvgIpc) is 2.22. The quantitative estimate of drug-likeness (QED) is 0.555. The Labute approximate surface area is 89.2 Å². The summed E-state index contributed by atoms with van der Waals surface area (Å²) in [6, 6.07) is 0. The molecule has 0 aliphatic carbocycles. The molecule has 0 saturated carbocycles. The summed E-state index contributed by atoms with van der Waals surface area (Å²) in [7, 11) is 1.33. The number of esters is 1. The zero-order valence-corrected chi connectivity index (χ0v) is 8.81. The van der Waals surface area contributed by atoms with Crippen molar-refractivity contribution in [3.8, 4) is 0 Å². The second kappa shape index (κ2) is 5.09. The molecule has 0 amide bonds. The van der Waals surface area contributed by atoms with Gasteiger partial charge in [-0.05, 0) is 12.0 Å². The molecule has 0 spiro atoms. The molecule has 0 aromatic carbocycles. The van der Waals surface area contributed by atoms with Crippen molar-refractivity contribution in [2.24, 2.45) is 0 Å². The van der Waals surface area contributed by atoms with Crippen LogP contribution in [0.3, 0.4) is 0 Å². The molecule has 1 aliphatic heterocycles. The molecule has 15 heavy (non-hydrogen) atoms. The van der Waals surface area contributed by atoms with Crippen molar-refractivity contribution in [2.75, 3.05) is 7.11 Å². The van der Waals surface area contributed by atoms with Gasteiger partial charge in [0.15, 0.2) is 0 Å². The number of ether oxygens (including phenoxy) is 2. The van der Waals surface area contributed by atoms with E-state index in [0.29, 0.717) is 12.0 Å². The fourth-order valence-electron chi connectivity index (χ4n) is 1.56. The van der Waals surface area contributed by atoms with Gasteiger partial charge in [-0.2, -0.15) is 0 Å². The third-order valence-corrected chi connectivity index (χ3v) is 2.42. The minimum absolute atomic E-state index is 0.173. The molecule has 84 valence electrons. The molecule has 0 aromatic rings. The number of hydrogen-bond donors (Lipinski definition) is 1. The molecule has 4 nitrogen and oxygen atoms in total. The monoisotopic (exact) mass is 212 g/mol. The molecule has 0 radical (unpaired) electrons. The van der Waals surface area contributed by atoms with Gasteiger partial charge in [-0.15, -0.1) is 6.58 Å². The van der Waals surface area contributed by atoms with Crippen LogP contribution in [0.25, 0.3) is 0 Å². The SMILES string of the molecule is C=CC1O[C@H](CC(=O)OC)CC(=C)[C@@H]1O. The first-order chi connectivity index (χ1) is 7.08. The minimum Gasteiger partial charge on any atom is -0.469 e. The van der Waals surface area contributed by atoms with Crippen molar-refractivity contribution in [1.82, 2.24) is 0 Å². The molecule has 1 unspecified atom stereocenters. The van der Waals surface area contributed by atoms with E-state index in [-0.39, 0.29) is 18.5 Å². The van der Waals surface area contributed by atoms with E-state index in [4.69, 9.17) is 4.74 Å². The van der Waals surface area contributed by atoms with Crippen LogP contribution in [0.2, 0.25) is 0 Å². The number of rotatable bonds is 3. The van der Waals surface area contributed by atoms with Gasteiger partial charge in [0.25, 0.3) is 0 Å². The van der Waals surface area contributed by atoms with Gasteiger partial charge < -0.3 is 14.6 Å². The number of aliphatic hydroxyl groups excluding tert-OH is 1. The molecule has 1 heterocycles. The molecule has 1 aliphatic rings. The van der Waals surface area contributed by atoms with Crippen LogP contribution >= 0.6 is 0 Å². The van der Waals surface area contributed by atoms with Crippen LogP contribution in [0.4, 0.5) is 0 Å². The second-order valence-corrected chi connectivity index (χ2v) is 3.55. The smallest absolute Gasteiger partial charge is 0.308 e. The lowest BCUT2D eigenvalue weighted by molar-refractivity contribution is -0.147. The van der Waals surface area contributed by atoms with E-state index < -0.39 is 12.2 Å². The summed E-state index contributed by atoms with van der Waals surface area (Å²) in [4.78, 5) is 11.0. The first-order valence-electron chi connectivity index (χ1n) is 4.79. The average molecular weight is 212 g/mol. The fourth-order valence-corrected chi connectivity index (χ4v) is 1.56. The maximum absolute atomic E-state index is 11.0. The number of aliphatic hydroxyl groups is 1. The van der Waals surface area contributed by atoms with Crippen LogP contribution in [0.15, 0.2) is 24.8 Å². The van der Waals surface area contributed by atoms with Gasteiger partial charge in [0.05, 0.1) is 19.6 Å². The molecule has 3 atom stereocenters. The van der Waals surface area contributed by atoms with Crippen molar-refractivity contribution in [3.05, 3.63) is 24.8 Å². The standard InChI is InChI=1S/C11H16O4/c1-4-9-11(13)7(2)5-8(15-9)6-10(12)14-3/h4,8-9,11,13H,1-2,5-6H2,3H3/t8-,9?,11-/m0/s1. The summed E-state index contributed by atoms with van der Waals surface area (Å²) < 4.78 is 10.0. The second-order valence-electron chi connectivity index (χ2n) is 3.55. The Morgan fingerprint density at radius 3 is 3.00 bits per heavy atom. The molecule has 0 bridgehead atoms. The van der Waals surface area contributed by atoms with Crippen LogP contribution in [0.1, 0.15) is 12.8 Å². The van der Waals surface area contributed by atoms with Gasteiger partial charge in [0, 0.05) is 0 Å². The summed E-state index contributed by atoms with van der Waals surface area (Å²) in [6.07, 6.45) is 0.667.